The zero-order valence-electron chi connectivity index (χ0n) is 66.3. The number of hydrogen-bond acceptors (Lipinski definition) is 15. The van der Waals surface area contributed by atoms with E-state index < -0.39 is 192 Å². The lowest BCUT2D eigenvalue weighted by Gasteiger charge is -2.54. The summed E-state index contributed by atoms with van der Waals surface area (Å²) < 4.78 is 60.1. The molecule has 27 nitrogen and oxygen atoms in total. The van der Waals surface area contributed by atoms with Gasteiger partial charge in [0.05, 0.1) is 44.2 Å². The fourth-order valence-electron chi connectivity index (χ4n) is 17.9. The number of hydrogen-bond donors (Lipinski definition) is 3. The van der Waals surface area contributed by atoms with E-state index in [1.165, 1.54) is 90.8 Å². The number of ether oxygens (including phenoxy) is 3. The molecule has 3 unspecified atom stereocenters. The van der Waals surface area contributed by atoms with Crippen LogP contribution in [0.15, 0.2) is 12.2 Å². The van der Waals surface area contributed by atoms with Crippen molar-refractivity contribution < 1.29 is 84.9 Å². The molecule has 604 valence electrons. The lowest BCUT2D eigenvalue weighted by atomic mass is 9.58. The first-order chi connectivity index (χ1) is 50.5. The standard InChI is InChI=1S/C77H125F3N12O15/c1-16-48(5)64-72(102)85(9)44-63(95)86(10)55-32-24-21-27-37-91(71(55)101)58(38-49-28-22-20-23-29-49)69(99)84(8)43-61(93)81-54(36-34-50-33-35-53(77(78,79)80)60(39-50)106-15)68(98)92-42-52(107-19-4)40-56(92)67(97)83-76(46-75(6,7)47-76)74(104)89(13)65(51-30-25-26-31-51)73(103)88(12)57(70(100)90(17-2)18-3)41-62(94)87(11)59(45-105-14)66(96)82-64/h21,24,48-60,64-65H,16-20,22-23,25-47H2,1-15H3,(H,81,93)(H,82,96)(H,83,97)/b24-21-/t48-,50?,52+,53?,54-,55-,56-,57-,58-,59-,60?,64-,65-/m0/s1. The van der Waals surface area contributed by atoms with Gasteiger partial charge in [-0.3, -0.25) is 57.5 Å². The number of carbonyl (C=O) groups is 12. The minimum atomic E-state index is -4.52. The van der Waals surface area contributed by atoms with E-state index in [2.05, 4.69) is 16.0 Å². The van der Waals surface area contributed by atoms with Gasteiger partial charge in [-0.05, 0) is 127 Å². The van der Waals surface area contributed by atoms with Crippen LogP contribution >= 0.6 is 0 Å². The Morgan fingerprint density at radius 3 is 1.91 bits per heavy atom. The van der Waals surface area contributed by atoms with E-state index in [0.717, 1.165) is 41.9 Å². The lowest BCUT2D eigenvalue weighted by Crippen LogP contribution is -2.71. The van der Waals surface area contributed by atoms with Gasteiger partial charge in [0, 0.05) is 95.7 Å². The van der Waals surface area contributed by atoms with Crippen molar-refractivity contribution in [3.8, 4) is 0 Å². The molecule has 3 heterocycles. The molecule has 2 saturated heterocycles. The van der Waals surface area contributed by atoms with E-state index in [0.29, 0.717) is 38.5 Å². The quantitative estimate of drug-likeness (QED) is 0.165. The summed E-state index contributed by atoms with van der Waals surface area (Å²) in [7, 11) is 11.1. The third-order valence-electron chi connectivity index (χ3n) is 24.3. The molecule has 1 spiro atoms. The zero-order chi connectivity index (χ0) is 79.2. The Labute approximate surface area is 631 Å². The van der Waals surface area contributed by atoms with Crippen molar-refractivity contribution in [2.24, 2.45) is 35.0 Å². The molecule has 0 aromatic heterocycles. The van der Waals surface area contributed by atoms with Crippen molar-refractivity contribution in [1.82, 2.24) is 60.0 Å². The van der Waals surface area contributed by atoms with Gasteiger partial charge in [0.2, 0.25) is 70.9 Å². The zero-order valence-corrected chi connectivity index (χ0v) is 66.3. The summed E-state index contributed by atoms with van der Waals surface area (Å²) in [4.78, 5) is 194. The van der Waals surface area contributed by atoms with Crippen LogP contribution in [0.4, 0.5) is 13.2 Å². The van der Waals surface area contributed by atoms with Crippen molar-refractivity contribution in [1.29, 1.82) is 0 Å². The first-order valence-electron chi connectivity index (χ1n) is 39.2. The van der Waals surface area contributed by atoms with Crippen LogP contribution in [-0.2, 0) is 71.7 Å². The minimum absolute atomic E-state index is 0.00373. The Bertz CT molecular complexity index is 3150. The number of methoxy groups -OCH3 is 2. The highest BCUT2D eigenvalue weighted by molar-refractivity contribution is 6.01. The van der Waals surface area contributed by atoms with Gasteiger partial charge in [0.25, 0.3) is 0 Å². The lowest BCUT2D eigenvalue weighted by molar-refractivity contribution is -0.215. The summed E-state index contributed by atoms with van der Waals surface area (Å²) in [6, 6.07) is -10.4. The third kappa shape index (κ3) is 21.3. The van der Waals surface area contributed by atoms with Crippen LogP contribution in [0.5, 0.6) is 0 Å². The average Bonchev–Trinajstić information content (AvgIpc) is 1.73. The summed E-state index contributed by atoms with van der Waals surface area (Å²) in [5.41, 5.74) is -2.19. The topological polar surface area (TPSA) is 298 Å². The summed E-state index contributed by atoms with van der Waals surface area (Å²) in [5, 5.41) is 8.82. The van der Waals surface area contributed by atoms with Crippen LogP contribution < -0.4 is 16.0 Å². The van der Waals surface area contributed by atoms with E-state index >= 15 is 33.6 Å². The van der Waals surface area contributed by atoms with Crippen LogP contribution in [0.25, 0.3) is 0 Å². The molecule has 4 saturated carbocycles. The first kappa shape index (κ1) is 87.3. The van der Waals surface area contributed by atoms with E-state index in [1.54, 1.807) is 33.8 Å². The van der Waals surface area contributed by atoms with Crippen LogP contribution in [0.3, 0.4) is 0 Å². The van der Waals surface area contributed by atoms with Crippen LogP contribution in [-0.4, -0.2) is 296 Å². The minimum Gasteiger partial charge on any atom is -0.382 e. The molecule has 7 rings (SSSR count). The molecular weight excluding hydrogens is 1390 g/mol. The molecule has 0 aromatic rings. The van der Waals surface area contributed by atoms with Crippen LogP contribution in [0.1, 0.15) is 190 Å². The Hall–Kier alpha value is -6.95. The third-order valence-corrected chi connectivity index (χ3v) is 24.3. The monoisotopic (exact) mass is 1510 g/mol. The first-order valence-corrected chi connectivity index (χ1v) is 39.2. The predicted molar refractivity (Wildman–Crippen MR) is 393 cm³/mol. The van der Waals surface area contributed by atoms with Crippen molar-refractivity contribution in [2.45, 2.75) is 262 Å². The molecule has 30 heteroatoms. The number of likely N-dealkylation sites (N-methyl/N-ethyl adjacent to an activating group) is 7. The Morgan fingerprint density at radius 2 is 1.31 bits per heavy atom. The number of amides is 12. The van der Waals surface area contributed by atoms with Gasteiger partial charge < -0.3 is 74.3 Å². The smallest absolute Gasteiger partial charge is 0.382 e. The number of alkyl halides is 3. The van der Waals surface area contributed by atoms with Crippen molar-refractivity contribution in [2.75, 3.05) is 109 Å². The van der Waals surface area contributed by atoms with Crippen LogP contribution in [0, 0.1) is 35.0 Å². The summed E-state index contributed by atoms with van der Waals surface area (Å²) in [6.45, 7) is 11.6. The highest BCUT2D eigenvalue weighted by Gasteiger charge is 2.60. The normalized spacial score (nSPS) is 30.5. The average molecular weight is 1520 g/mol. The van der Waals surface area contributed by atoms with Crippen LogP contribution in [0.2, 0.25) is 0 Å². The van der Waals surface area contributed by atoms with E-state index in [-0.39, 0.29) is 110 Å². The second-order valence-electron chi connectivity index (χ2n) is 32.3. The van der Waals surface area contributed by atoms with E-state index in [9.17, 15) is 37.1 Å². The fraction of sp³-hybridized carbons (Fsp3) is 0.818. The number of carbonyl (C=O) groups excluding carboxylic acids is 12. The summed E-state index contributed by atoms with van der Waals surface area (Å²) >= 11 is 0. The molecule has 0 radical (unpaired) electrons. The molecule has 13 atom stereocenters. The molecule has 6 fully saturated rings. The van der Waals surface area contributed by atoms with Gasteiger partial charge in [0.15, 0.2) is 0 Å². The summed E-state index contributed by atoms with van der Waals surface area (Å²) in [5.74, 6) is -11.1. The van der Waals surface area contributed by atoms with E-state index in [4.69, 9.17) is 14.2 Å². The second-order valence-corrected chi connectivity index (χ2v) is 32.3. The molecule has 3 N–H and O–H groups in total. The van der Waals surface area contributed by atoms with Crippen molar-refractivity contribution >= 4 is 70.9 Å². The Morgan fingerprint density at radius 1 is 0.664 bits per heavy atom. The highest BCUT2D eigenvalue weighted by atomic mass is 19.4. The highest BCUT2D eigenvalue weighted by Crippen LogP contribution is 2.50. The van der Waals surface area contributed by atoms with Gasteiger partial charge in [-0.15, -0.1) is 0 Å². The maximum atomic E-state index is 15.9. The molecule has 12 amide bonds. The fourth-order valence-corrected chi connectivity index (χ4v) is 17.9. The molecule has 2 bridgehead atoms. The summed E-state index contributed by atoms with van der Waals surface area (Å²) in [6.07, 6.45) is 4.48. The molecule has 7 aliphatic rings. The van der Waals surface area contributed by atoms with Gasteiger partial charge in [-0.1, -0.05) is 91.2 Å². The number of halogens is 3. The molecule has 3 aliphatic heterocycles. The van der Waals surface area contributed by atoms with Gasteiger partial charge >= 0.3 is 6.18 Å². The molecule has 0 aromatic carbocycles. The van der Waals surface area contributed by atoms with Gasteiger partial charge in [-0.2, -0.15) is 13.2 Å². The van der Waals surface area contributed by atoms with Gasteiger partial charge in [-0.25, -0.2) is 0 Å². The largest absolute Gasteiger partial charge is 0.394 e. The van der Waals surface area contributed by atoms with Crippen molar-refractivity contribution in [3.05, 3.63) is 12.2 Å². The Balaban J connectivity index is 1.34. The number of rotatable bonds is 16. The van der Waals surface area contributed by atoms with E-state index in [1.807, 2.05) is 26.8 Å². The number of nitrogens with zero attached hydrogens (tertiary/aromatic N) is 9. The maximum Gasteiger partial charge on any atom is 0.394 e. The molecule has 4 aliphatic carbocycles. The molecule has 107 heavy (non-hydrogen) atoms. The Kier molecular flexibility index (Phi) is 31.5. The second kappa shape index (κ2) is 38.6. The van der Waals surface area contributed by atoms with Crippen molar-refractivity contribution in [3.63, 3.8) is 0 Å². The number of nitrogens with one attached hydrogen (secondary N) is 3. The number of fused-ring (bicyclic) bond motifs is 3. The SMILES string of the molecule is CCO[C@@H]1C[C@H]2C(=O)NC3(CC(C)(C)C3)C(=O)N(C)[C@@H](C3CCCC3)C(=O)N(C)[C@H](C(=O)N(CC)CC)CC(=O)N(C)[C@@H](COC)C(=O)N[C@@H]([C@@H](C)CC)C(=O)N(C)CC(=O)N(C)[C@H]3C/C=C\CCN(C3=O)[C@@H](CC3CCCCC3)C(=O)N(C)CC(=O)N[C@@H](CCC3CCC(C(F)(F)F)C(OC)C3)C(=O)N2C1. The van der Waals surface area contributed by atoms with Gasteiger partial charge in [0.1, 0.15) is 53.9 Å². The maximum absolute atomic E-state index is 15.9. The predicted octanol–water partition coefficient (Wildman–Crippen LogP) is 5.31. The molecular formula is C77H125F3N12O15.